The summed E-state index contributed by atoms with van der Waals surface area (Å²) in [7, 11) is 1.53. The van der Waals surface area contributed by atoms with E-state index >= 15 is 0 Å². The van der Waals surface area contributed by atoms with Crippen molar-refractivity contribution in [3.63, 3.8) is 0 Å². The topological polar surface area (TPSA) is 67.9 Å². The molecule has 0 unspecified atom stereocenters. The van der Waals surface area contributed by atoms with Crippen molar-refractivity contribution in [2.75, 3.05) is 12.1 Å². The number of para-hydroxylation sites is 1. The van der Waals surface area contributed by atoms with Crippen LogP contribution in [0.1, 0.15) is 11.1 Å². The molecule has 1 aliphatic rings. The number of carbonyl (C=O) groups excluding carboxylic acids is 2. The molecule has 4 rings (SSSR count). The Morgan fingerprint density at radius 2 is 1.67 bits per heavy atom. The molecule has 0 spiro atoms. The maximum Gasteiger partial charge on any atom is 0.282 e. The highest BCUT2D eigenvalue weighted by Crippen LogP contribution is 2.44. The van der Waals surface area contributed by atoms with Gasteiger partial charge in [0.25, 0.3) is 11.8 Å². The second kappa shape index (κ2) is 10.1. The van der Waals surface area contributed by atoms with Gasteiger partial charge in [0.1, 0.15) is 12.2 Å². The molecule has 168 valence electrons. The van der Waals surface area contributed by atoms with Gasteiger partial charge in [-0.05, 0) is 79.4 Å². The van der Waals surface area contributed by atoms with Crippen LogP contribution in [0.2, 0.25) is 0 Å². The smallest absolute Gasteiger partial charge is 0.282 e. The molecular weight excluding hydrogens is 620 g/mol. The number of hydrazine groups is 1. The Morgan fingerprint density at radius 1 is 0.970 bits per heavy atom. The molecule has 3 aromatic rings. The molecule has 6 nitrogen and oxygen atoms in total. The number of nitrogens with zero attached hydrogens (tertiary/aromatic N) is 1. The first-order valence-electron chi connectivity index (χ1n) is 9.74. The fraction of sp³-hybridized carbons (Fsp3) is 0.0833. The summed E-state index contributed by atoms with van der Waals surface area (Å²) in [5.74, 6) is 0.0347. The van der Waals surface area contributed by atoms with E-state index < -0.39 is 11.8 Å². The Bertz CT molecular complexity index is 1240. The number of hydrogen-bond acceptors (Lipinski definition) is 4. The zero-order valence-electron chi connectivity index (χ0n) is 17.3. The van der Waals surface area contributed by atoms with Crippen LogP contribution < -0.4 is 19.9 Å². The first-order chi connectivity index (χ1) is 15.9. The van der Waals surface area contributed by atoms with E-state index in [9.17, 15) is 9.59 Å². The fourth-order valence-corrected chi connectivity index (χ4v) is 4.42. The number of benzene rings is 3. The predicted octanol–water partition coefficient (Wildman–Crippen LogP) is 6.02. The van der Waals surface area contributed by atoms with Crippen molar-refractivity contribution in [3.05, 3.63) is 90.8 Å². The van der Waals surface area contributed by atoms with E-state index in [1.165, 1.54) is 18.2 Å². The number of methoxy groups -OCH3 is 1. The van der Waals surface area contributed by atoms with Crippen molar-refractivity contribution >= 4 is 71.4 Å². The van der Waals surface area contributed by atoms with Gasteiger partial charge >= 0.3 is 0 Å². The van der Waals surface area contributed by atoms with Gasteiger partial charge in [0.05, 0.1) is 17.3 Å². The molecule has 9 heteroatoms. The van der Waals surface area contributed by atoms with Crippen LogP contribution in [-0.2, 0) is 16.2 Å². The summed E-state index contributed by atoms with van der Waals surface area (Å²) >= 11 is 10.5. The maximum absolute atomic E-state index is 12.9. The number of amides is 2. The van der Waals surface area contributed by atoms with Gasteiger partial charge in [-0.1, -0.05) is 46.3 Å². The van der Waals surface area contributed by atoms with Gasteiger partial charge in [-0.3, -0.25) is 15.0 Å². The molecule has 0 saturated carbocycles. The minimum absolute atomic E-state index is 0.0111. The van der Waals surface area contributed by atoms with Gasteiger partial charge in [-0.15, -0.1) is 0 Å². The van der Waals surface area contributed by atoms with E-state index in [1.807, 2.05) is 30.3 Å². The van der Waals surface area contributed by atoms with E-state index in [0.29, 0.717) is 38.3 Å². The Hall–Kier alpha value is -2.62. The number of halogens is 3. The zero-order chi connectivity index (χ0) is 23.5. The van der Waals surface area contributed by atoms with E-state index in [-0.39, 0.29) is 5.57 Å². The molecule has 3 aromatic carbocycles. The molecule has 1 heterocycles. The van der Waals surface area contributed by atoms with Gasteiger partial charge in [0, 0.05) is 8.95 Å². The fourth-order valence-electron chi connectivity index (χ4n) is 3.20. The third kappa shape index (κ3) is 5.00. The lowest BCUT2D eigenvalue weighted by atomic mass is 10.1. The van der Waals surface area contributed by atoms with Gasteiger partial charge in [-0.25, -0.2) is 5.01 Å². The molecule has 0 aromatic heterocycles. The lowest BCUT2D eigenvalue weighted by Crippen LogP contribution is -2.35. The lowest BCUT2D eigenvalue weighted by Gasteiger charge is -2.16. The number of nitrogens with one attached hydrogen (secondary N) is 1. The second-order valence-electron chi connectivity index (χ2n) is 7.02. The van der Waals surface area contributed by atoms with E-state index in [1.54, 1.807) is 30.3 Å². The van der Waals surface area contributed by atoms with Crippen molar-refractivity contribution in [2.24, 2.45) is 0 Å². The number of ether oxygens (including phenoxy) is 2. The molecule has 2 amide bonds. The largest absolute Gasteiger partial charge is 0.493 e. The summed E-state index contributed by atoms with van der Waals surface area (Å²) in [4.78, 5) is 25.5. The van der Waals surface area contributed by atoms with E-state index in [0.717, 1.165) is 10.0 Å². The maximum atomic E-state index is 12.9. The summed E-state index contributed by atoms with van der Waals surface area (Å²) in [6, 6.07) is 18.4. The van der Waals surface area contributed by atoms with Crippen LogP contribution in [0.4, 0.5) is 5.69 Å². The summed E-state index contributed by atoms with van der Waals surface area (Å²) in [5.41, 5.74) is 4.76. The molecule has 33 heavy (non-hydrogen) atoms. The van der Waals surface area contributed by atoms with Crippen LogP contribution in [-0.4, -0.2) is 18.9 Å². The predicted molar refractivity (Wildman–Crippen MR) is 137 cm³/mol. The first-order valence-corrected chi connectivity index (χ1v) is 12.1. The first kappa shape index (κ1) is 23.5. The summed E-state index contributed by atoms with van der Waals surface area (Å²) in [5, 5.41) is 1.23. The van der Waals surface area contributed by atoms with Crippen LogP contribution in [0.15, 0.2) is 79.7 Å². The molecule has 1 fully saturated rings. The Kier molecular flexibility index (Phi) is 7.21. The lowest BCUT2D eigenvalue weighted by molar-refractivity contribution is -0.117. The Balaban J connectivity index is 1.64. The molecule has 0 radical (unpaired) electrons. The number of rotatable bonds is 6. The molecule has 0 aliphatic carbocycles. The number of anilines is 1. The third-order valence-electron chi connectivity index (χ3n) is 4.88. The van der Waals surface area contributed by atoms with Gasteiger partial charge in [0.2, 0.25) is 0 Å². The van der Waals surface area contributed by atoms with Crippen LogP contribution in [0.3, 0.4) is 0 Å². The van der Waals surface area contributed by atoms with Crippen molar-refractivity contribution in [1.82, 2.24) is 5.43 Å². The molecule has 1 saturated heterocycles. The second-order valence-corrected chi connectivity index (χ2v) is 9.52. The van der Waals surface area contributed by atoms with Crippen LogP contribution in [0, 0.1) is 0 Å². The van der Waals surface area contributed by atoms with E-state index in [4.69, 9.17) is 9.47 Å². The standard InChI is InChI=1S/C24H17Br3N2O4/c1-32-19-12-15(11-18-23(30)28-29(24(18)31)17-5-3-2-4-6-17)20(26)21(27)22(19)33-13-14-7-9-16(25)10-8-14/h2-12H,13H2,1H3,(H,28,30)/b18-11-. The van der Waals surface area contributed by atoms with Crippen molar-refractivity contribution < 1.29 is 19.1 Å². The third-order valence-corrected chi connectivity index (χ3v) is 7.55. The minimum Gasteiger partial charge on any atom is -0.493 e. The highest BCUT2D eigenvalue weighted by atomic mass is 79.9. The van der Waals surface area contributed by atoms with Gasteiger partial charge in [0.15, 0.2) is 11.5 Å². The van der Waals surface area contributed by atoms with Gasteiger partial charge < -0.3 is 9.47 Å². The quantitative estimate of drug-likeness (QED) is 0.265. The van der Waals surface area contributed by atoms with Crippen LogP contribution >= 0.6 is 47.8 Å². The Labute approximate surface area is 215 Å². The summed E-state index contributed by atoms with van der Waals surface area (Å²) in [6.45, 7) is 0.335. The van der Waals surface area contributed by atoms with Crippen LogP contribution in [0.25, 0.3) is 6.08 Å². The average molecular weight is 637 g/mol. The van der Waals surface area contributed by atoms with Crippen molar-refractivity contribution in [1.29, 1.82) is 0 Å². The van der Waals surface area contributed by atoms with Crippen LogP contribution in [0.5, 0.6) is 11.5 Å². The highest BCUT2D eigenvalue weighted by Gasteiger charge is 2.34. The number of carbonyl (C=O) groups is 2. The summed E-state index contributed by atoms with van der Waals surface area (Å²) in [6.07, 6.45) is 1.52. The average Bonchev–Trinajstić information content (AvgIpc) is 3.11. The molecule has 1 N–H and O–H groups in total. The highest BCUT2D eigenvalue weighted by molar-refractivity contribution is 9.13. The minimum atomic E-state index is -0.485. The summed E-state index contributed by atoms with van der Waals surface area (Å²) < 4.78 is 13.8. The normalized spacial score (nSPS) is 14.5. The zero-order valence-corrected chi connectivity index (χ0v) is 22.0. The van der Waals surface area contributed by atoms with Gasteiger partial charge in [-0.2, -0.15) is 0 Å². The van der Waals surface area contributed by atoms with E-state index in [2.05, 4.69) is 53.2 Å². The molecular formula is C24H17Br3N2O4. The molecule has 0 atom stereocenters. The monoisotopic (exact) mass is 634 g/mol. The SMILES string of the molecule is COc1cc(/C=C2/C(=O)NN(c3ccccc3)C2=O)c(Br)c(Br)c1OCc1ccc(Br)cc1. The molecule has 0 bridgehead atoms. The molecule has 1 aliphatic heterocycles. The van der Waals surface area contributed by atoms with Crippen molar-refractivity contribution in [2.45, 2.75) is 6.61 Å². The number of hydrogen-bond donors (Lipinski definition) is 1. The Morgan fingerprint density at radius 3 is 2.33 bits per heavy atom. The van der Waals surface area contributed by atoms with Crippen molar-refractivity contribution in [3.8, 4) is 11.5 Å².